The number of carbonyl (C=O) groups excluding carboxylic acids is 2. The van der Waals surface area contributed by atoms with Crippen molar-refractivity contribution in [2.75, 3.05) is 0 Å². The van der Waals surface area contributed by atoms with Gasteiger partial charge in [0.25, 0.3) is 0 Å². The van der Waals surface area contributed by atoms with Crippen LogP contribution >= 0.6 is 11.3 Å². The lowest BCUT2D eigenvalue weighted by Gasteiger charge is -2.24. The van der Waals surface area contributed by atoms with E-state index in [9.17, 15) is 14.4 Å². The van der Waals surface area contributed by atoms with Gasteiger partial charge in [-0.05, 0) is 36.4 Å². The van der Waals surface area contributed by atoms with Crippen LogP contribution in [0.4, 0.5) is 4.79 Å². The lowest BCUT2D eigenvalue weighted by Crippen LogP contribution is -2.38. The molecule has 7 heteroatoms. The highest BCUT2D eigenvalue weighted by atomic mass is 32.1. The number of ketones is 1. The number of hydrogen-bond acceptors (Lipinski definition) is 5. The molecule has 0 spiro atoms. The van der Waals surface area contributed by atoms with Crippen molar-refractivity contribution >= 4 is 29.2 Å². The van der Waals surface area contributed by atoms with Crippen molar-refractivity contribution in [2.24, 2.45) is 5.92 Å². The molecular formula is C16H15NO5S. The zero-order valence-electron chi connectivity index (χ0n) is 12.6. The van der Waals surface area contributed by atoms with E-state index in [1.54, 1.807) is 35.1 Å². The number of ether oxygens (including phenoxy) is 1. The zero-order valence-corrected chi connectivity index (χ0v) is 13.4. The molecule has 0 saturated carbocycles. The van der Waals surface area contributed by atoms with Crippen LogP contribution in [0.5, 0.6) is 0 Å². The average Bonchev–Trinajstić information content (AvgIpc) is 3.18. The maximum absolute atomic E-state index is 12.6. The van der Waals surface area contributed by atoms with Crippen molar-refractivity contribution in [2.45, 2.75) is 25.8 Å². The van der Waals surface area contributed by atoms with E-state index in [1.165, 1.54) is 11.3 Å². The Balaban J connectivity index is 2.01. The number of carbonyl (C=O) groups is 3. The van der Waals surface area contributed by atoms with E-state index in [-0.39, 0.29) is 11.7 Å². The molecule has 3 rings (SSSR count). The molecule has 0 fully saturated rings. The molecule has 0 amide bonds. The van der Waals surface area contributed by atoms with Gasteiger partial charge in [-0.3, -0.25) is 9.59 Å². The molecule has 120 valence electrons. The van der Waals surface area contributed by atoms with Crippen molar-refractivity contribution in [3.05, 3.63) is 45.9 Å². The number of carboxylic acid groups (broad SMARTS) is 1. The third-order valence-electron chi connectivity index (χ3n) is 4.57. The quantitative estimate of drug-likeness (QED) is 0.530. The second-order valence-corrected chi connectivity index (χ2v) is 6.59. The van der Waals surface area contributed by atoms with Crippen molar-refractivity contribution in [3.8, 4) is 0 Å². The first-order valence-electron chi connectivity index (χ1n) is 7.07. The summed E-state index contributed by atoms with van der Waals surface area (Å²) in [5, 5.41) is 12.3. The Morgan fingerprint density at radius 1 is 1.35 bits per heavy atom. The van der Waals surface area contributed by atoms with E-state index in [0.717, 1.165) is 0 Å². The topological polar surface area (TPSA) is 85.6 Å². The van der Waals surface area contributed by atoms with Crippen LogP contribution in [-0.2, 0) is 21.5 Å². The lowest BCUT2D eigenvalue weighted by atomic mass is 9.78. The van der Waals surface area contributed by atoms with Crippen LogP contribution in [0.1, 0.15) is 35.6 Å². The van der Waals surface area contributed by atoms with E-state index in [0.29, 0.717) is 23.5 Å². The molecule has 1 aliphatic rings. The molecule has 23 heavy (non-hydrogen) atoms. The summed E-state index contributed by atoms with van der Waals surface area (Å²) < 4.78 is 6.17. The minimum absolute atomic E-state index is 0.111. The molecule has 1 aliphatic heterocycles. The number of nitrogens with zero attached hydrogens (tertiary/aromatic N) is 1. The summed E-state index contributed by atoms with van der Waals surface area (Å²) >= 11 is 1.44. The molecule has 0 saturated heterocycles. The van der Waals surface area contributed by atoms with Crippen LogP contribution < -0.4 is 0 Å². The molecule has 0 aromatic carbocycles. The number of fused-ring (bicyclic) bond motifs is 1. The summed E-state index contributed by atoms with van der Waals surface area (Å²) in [5.41, 5.74) is 0.614. The smallest absolute Gasteiger partial charge is 0.449 e. The fourth-order valence-corrected chi connectivity index (χ4v) is 3.69. The van der Waals surface area contributed by atoms with Gasteiger partial charge in [0.05, 0.1) is 5.69 Å². The van der Waals surface area contributed by atoms with Gasteiger partial charge < -0.3 is 14.4 Å². The van der Waals surface area contributed by atoms with Gasteiger partial charge in [0, 0.05) is 23.2 Å². The van der Waals surface area contributed by atoms with Gasteiger partial charge >= 0.3 is 12.1 Å². The van der Waals surface area contributed by atoms with Crippen molar-refractivity contribution in [1.29, 1.82) is 0 Å². The Morgan fingerprint density at radius 3 is 2.70 bits per heavy atom. The first-order chi connectivity index (χ1) is 10.9. The highest BCUT2D eigenvalue weighted by Gasteiger charge is 2.50. The number of esters is 1. The standard InChI is InChI=1S/C16H15NO5S/c1-9-7-17-11(13(18)10-5-6-23-8-10)3-4-12(17)16(9,2)14(19)22-15(20)21/h3-6,8-9H,7H2,1-2H3,(H,20,21). The Labute approximate surface area is 136 Å². The minimum atomic E-state index is -1.62. The first-order valence-corrected chi connectivity index (χ1v) is 8.02. The van der Waals surface area contributed by atoms with Gasteiger partial charge in [-0.15, -0.1) is 0 Å². The molecular weight excluding hydrogens is 318 g/mol. The summed E-state index contributed by atoms with van der Waals surface area (Å²) in [6.07, 6.45) is -1.62. The first kappa shape index (κ1) is 15.5. The SMILES string of the molecule is CC1Cn2c(C(=O)c3ccsc3)ccc2C1(C)C(=O)OC(=O)O. The van der Waals surface area contributed by atoms with E-state index in [4.69, 9.17) is 5.11 Å². The fraction of sp³-hybridized carbons (Fsp3) is 0.312. The number of hydrogen-bond donors (Lipinski definition) is 1. The second kappa shape index (κ2) is 5.34. The van der Waals surface area contributed by atoms with Gasteiger partial charge in [-0.1, -0.05) is 6.92 Å². The molecule has 2 unspecified atom stereocenters. The molecule has 1 N–H and O–H groups in total. The fourth-order valence-electron chi connectivity index (χ4n) is 3.06. The van der Waals surface area contributed by atoms with Gasteiger partial charge in [0.2, 0.25) is 5.78 Å². The molecule has 6 nitrogen and oxygen atoms in total. The van der Waals surface area contributed by atoms with Crippen LogP contribution in [0.25, 0.3) is 0 Å². The summed E-state index contributed by atoms with van der Waals surface area (Å²) in [4.78, 5) is 35.5. The normalized spacial score (nSPS) is 22.6. The average molecular weight is 333 g/mol. The van der Waals surface area contributed by atoms with E-state index < -0.39 is 17.5 Å². The van der Waals surface area contributed by atoms with Crippen LogP contribution in [0.15, 0.2) is 29.0 Å². The summed E-state index contributed by atoms with van der Waals surface area (Å²) in [6.45, 7) is 3.95. The molecule has 3 heterocycles. The van der Waals surface area contributed by atoms with Crippen molar-refractivity contribution in [1.82, 2.24) is 4.57 Å². The summed E-state index contributed by atoms with van der Waals surface area (Å²) in [6, 6.07) is 5.13. The molecule has 2 atom stereocenters. The minimum Gasteiger partial charge on any atom is -0.449 e. The third-order valence-corrected chi connectivity index (χ3v) is 5.26. The number of thiophene rings is 1. The predicted molar refractivity (Wildman–Crippen MR) is 82.8 cm³/mol. The monoisotopic (exact) mass is 333 g/mol. The Hall–Kier alpha value is -2.41. The molecule has 0 radical (unpaired) electrons. The molecule has 2 aromatic heterocycles. The van der Waals surface area contributed by atoms with E-state index in [2.05, 4.69) is 4.74 Å². The van der Waals surface area contributed by atoms with E-state index in [1.807, 2.05) is 12.3 Å². The number of aromatic nitrogens is 1. The Kier molecular flexibility index (Phi) is 3.60. The van der Waals surface area contributed by atoms with Crippen molar-refractivity contribution in [3.63, 3.8) is 0 Å². The van der Waals surface area contributed by atoms with Crippen LogP contribution in [0.3, 0.4) is 0 Å². The third kappa shape index (κ3) is 2.28. The van der Waals surface area contributed by atoms with Crippen LogP contribution in [0, 0.1) is 5.92 Å². The summed E-state index contributed by atoms with van der Waals surface area (Å²) in [5.74, 6) is -1.11. The second-order valence-electron chi connectivity index (χ2n) is 5.81. The van der Waals surface area contributed by atoms with Crippen LogP contribution in [-0.4, -0.2) is 27.6 Å². The highest BCUT2D eigenvalue weighted by molar-refractivity contribution is 7.08. The van der Waals surface area contributed by atoms with Gasteiger partial charge in [0.15, 0.2) is 0 Å². The molecule has 0 bridgehead atoms. The number of rotatable bonds is 3. The Bertz CT molecular complexity index is 792. The maximum Gasteiger partial charge on any atom is 0.513 e. The molecule has 2 aromatic rings. The predicted octanol–water partition coefficient (Wildman–Crippen LogP) is 2.91. The van der Waals surface area contributed by atoms with Gasteiger partial charge in [0.1, 0.15) is 5.41 Å². The van der Waals surface area contributed by atoms with Crippen LogP contribution in [0.2, 0.25) is 0 Å². The van der Waals surface area contributed by atoms with Gasteiger partial charge in [-0.25, -0.2) is 4.79 Å². The largest absolute Gasteiger partial charge is 0.513 e. The van der Waals surface area contributed by atoms with Gasteiger partial charge in [-0.2, -0.15) is 11.3 Å². The Morgan fingerprint density at radius 2 is 2.09 bits per heavy atom. The summed E-state index contributed by atoms with van der Waals surface area (Å²) in [7, 11) is 0. The molecule has 0 aliphatic carbocycles. The van der Waals surface area contributed by atoms with Crippen molar-refractivity contribution < 1.29 is 24.2 Å². The lowest BCUT2D eigenvalue weighted by molar-refractivity contribution is -0.146. The highest BCUT2D eigenvalue weighted by Crippen LogP contribution is 2.42. The zero-order chi connectivity index (χ0) is 16.8. The maximum atomic E-state index is 12.6. The van der Waals surface area contributed by atoms with E-state index >= 15 is 0 Å².